The molecule has 6 heteroatoms. The van der Waals surface area contributed by atoms with Gasteiger partial charge in [-0.15, -0.1) is 0 Å². The van der Waals surface area contributed by atoms with Crippen LogP contribution in [0.25, 0.3) is 0 Å². The van der Waals surface area contributed by atoms with Crippen molar-refractivity contribution in [3.63, 3.8) is 0 Å². The third-order valence-electron chi connectivity index (χ3n) is 3.63. The molecule has 0 radical (unpaired) electrons. The zero-order valence-corrected chi connectivity index (χ0v) is 15.2. The average molecular weight is 397 g/mol. The molecule has 2 aromatic heterocycles. The van der Waals surface area contributed by atoms with E-state index in [1.807, 2.05) is 43.3 Å². The quantitative estimate of drug-likeness (QED) is 0.669. The number of amides is 1. The molecule has 3 rings (SSSR count). The molecule has 0 fully saturated rings. The number of aryl methyl sites for hydroxylation is 1. The normalized spacial score (nSPS) is 10.3. The van der Waals surface area contributed by atoms with Crippen molar-refractivity contribution < 1.29 is 4.79 Å². The summed E-state index contributed by atoms with van der Waals surface area (Å²) in [5.41, 5.74) is 4.02. The van der Waals surface area contributed by atoms with E-state index < -0.39 is 0 Å². The highest BCUT2D eigenvalue weighted by atomic mass is 79.9. The lowest BCUT2D eigenvalue weighted by Crippen LogP contribution is -2.13. The van der Waals surface area contributed by atoms with Gasteiger partial charge in [-0.2, -0.15) is 0 Å². The van der Waals surface area contributed by atoms with Gasteiger partial charge in [-0.1, -0.05) is 28.1 Å². The smallest absolute Gasteiger partial charge is 0.257 e. The van der Waals surface area contributed by atoms with Crippen molar-refractivity contribution in [3.8, 4) is 0 Å². The number of carbonyl (C=O) groups is 1. The first-order chi connectivity index (χ1) is 12.1. The first-order valence-corrected chi connectivity index (χ1v) is 8.57. The molecule has 0 atom stereocenters. The maximum Gasteiger partial charge on any atom is 0.257 e. The van der Waals surface area contributed by atoms with Crippen LogP contribution in [0.15, 0.2) is 65.5 Å². The van der Waals surface area contributed by atoms with Crippen molar-refractivity contribution in [3.05, 3.63) is 82.3 Å². The maximum atomic E-state index is 12.4. The van der Waals surface area contributed by atoms with E-state index in [0.717, 1.165) is 27.1 Å². The third-order valence-corrected chi connectivity index (χ3v) is 4.48. The molecular weight excluding hydrogens is 380 g/mol. The first-order valence-electron chi connectivity index (χ1n) is 7.78. The van der Waals surface area contributed by atoms with Gasteiger partial charge < -0.3 is 10.6 Å². The Labute approximate surface area is 154 Å². The van der Waals surface area contributed by atoms with Crippen molar-refractivity contribution in [2.45, 2.75) is 13.5 Å². The number of aromatic nitrogens is 2. The molecule has 5 nitrogen and oxygen atoms in total. The van der Waals surface area contributed by atoms with Crippen molar-refractivity contribution in [1.82, 2.24) is 9.97 Å². The van der Waals surface area contributed by atoms with Crippen molar-refractivity contribution in [2.75, 3.05) is 10.6 Å². The van der Waals surface area contributed by atoms with Gasteiger partial charge in [0, 0.05) is 28.8 Å². The molecule has 0 bridgehead atoms. The summed E-state index contributed by atoms with van der Waals surface area (Å²) in [7, 11) is 0. The largest absolute Gasteiger partial charge is 0.378 e. The van der Waals surface area contributed by atoms with Crippen LogP contribution in [-0.2, 0) is 6.54 Å². The number of nitrogens with one attached hydrogen (secondary N) is 2. The molecule has 0 aliphatic carbocycles. The van der Waals surface area contributed by atoms with Gasteiger partial charge in [0.1, 0.15) is 0 Å². The molecule has 0 unspecified atom stereocenters. The van der Waals surface area contributed by atoms with Gasteiger partial charge in [0.25, 0.3) is 5.91 Å². The van der Waals surface area contributed by atoms with Crippen LogP contribution in [0, 0.1) is 6.92 Å². The SMILES string of the molecule is Cc1ccc(NC(=O)c2cncc(NCc3ccccn3)c2)cc1Br. The van der Waals surface area contributed by atoms with Crippen LogP contribution in [0.4, 0.5) is 11.4 Å². The van der Waals surface area contributed by atoms with Gasteiger partial charge in [0.2, 0.25) is 0 Å². The molecule has 126 valence electrons. The zero-order chi connectivity index (χ0) is 17.6. The number of carbonyl (C=O) groups excluding carboxylic acids is 1. The standard InChI is InChI=1S/C19H17BrN4O/c1-13-5-6-15(9-18(13)20)24-19(25)14-8-17(11-21-10-14)23-12-16-4-2-3-7-22-16/h2-11,23H,12H2,1H3,(H,24,25). The summed E-state index contributed by atoms with van der Waals surface area (Å²) >= 11 is 3.47. The Hall–Kier alpha value is -2.73. The van der Waals surface area contributed by atoms with E-state index in [9.17, 15) is 4.79 Å². The number of nitrogens with zero attached hydrogens (tertiary/aromatic N) is 2. The van der Waals surface area contributed by atoms with Crippen LogP contribution in [-0.4, -0.2) is 15.9 Å². The van der Waals surface area contributed by atoms with Gasteiger partial charge in [0.05, 0.1) is 23.5 Å². The van der Waals surface area contributed by atoms with Gasteiger partial charge in [-0.05, 0) is 42.8 Å². The highest BCUT2D eigenvalue weighted by Gasteiger charge is 2.08. The Morgan fingerprint density at radius 1 is 1.12 bits per heavy atom. The first kappa shape index (κ1) is 17.1. The summed E-state index contributed by atoms with van der Waals surface area (Å²) in [5, 5.41) is 6.10. The van der Waals surface area contributed by atoms with Gasteiger partial charge in [-0.3, -0.25) is 14.8 Å². The second-order valence-corrected chi connectivity index (χ2v) is 6.41. The summed E-state index contributed by atoms with van der Waals surface area (Å²) in [6, 6.07) is 13.2. The number of anilines is 2. The highest BCUT2D eigenvalue weighted by molar-refractivity contribution is 9.10. The highest BCUT2D eigenvalue weighted by Crippen LogP contribution is 2.21. The second-order valence-electron chi connectivity index (χ2n) is 5.56. The van der Waals surface area contributed by atoms with Crippen LogP contribution < -0.4 is 10.6 Å². The fourth-order valence-corrected chi connectivity index (χ4v) is 2.61. The number of pyridine rings is 2. The molecule has 1 aromatic carbocycles. The van der Waals surface area contributed by atoms with E-state index in [0.29, 0.717) is 12.1 Å². The van der Waals surface area contributed by atoms with E-state index in [1.165, 1.54) is 0 Å². The molecule has 0 aliphatic rings. The number of halogens is 1. The summed E-state index contributed by atoms with van der Waals surface area (Å²) in [6.45, 7) is 2.56. The number of rotatable bonds is 5. The molecule has 2 heterocycles. The van der Waals surface area contributed by atoms with Crippen LogP contribution >= 0.6 is 15.9 Å². The van der Waals surface area contributed by atoms with Gasteiger partial charge in [0.15, 0.2) is 0 Å². The van der Waals surface area contributed by atoms with E-state index in [-0.39, 0.29) is 5.91 Å². The Balaban J connectivity index is 1.67. The van der Waals surface area contributed by atoms with Crippen molar-refractivity contribution in [2.24, 2.45) is 0 Å². The lowest BCUT2D eigenvalue weighted by Gasteiger charge is -2.09. The van der Waals surface area contributed by atoms with Gasteiger partial charge in [-0.25, -0.2) is 0 Å². The number of hydrogen-bond donors (Lipinski definition) is 2. The van der Waals surface area contributed by atoms with E-state index in [4.69, 9.17) is 0 Å². The Morgan fingerprint density at radius 2 is 2.00 bits per heavy atom. The number of benzene rings is 1. The fraction of sp³-hybridized carbons (Fsp3) is 0.105. The fourth-order valence-electron chi connectivity index (χ4n) is 2.23. The lowest BCUT2D eigenvalue weighted by atomic mass is 10.2. The molecule has 0 saturated carbocycles. The average Bonchev–Trinajstić information content (AvgIpc) is 2.64. The molecule has 2 N–H and O–H groups in total. The summed E-state index contributed by atoms with van der Waals surface area (Å²) in [5.74, 6) is -0.204. The summed E-state index contributed by atoms with van der Waals surface area (Å²) in [4.78, 5) is 20.8. The maximum absolute atomic E-state index is 12.4. The second kappa shape index (κ2) is 7.90. The van der Waals surface area contributed by atoms with Crippen LogP contribution in [0.3, 0.4) is 0 Å². The van der Waals surface area contributed by atoms with Crippen LogP contribution in [0.1, 0.15) is 21.6 Å². The third kappa shape index (κ3) is 4.64. The minimum Gasteiger partial charge on any atom is -0.378 e. The minimum absolute atomic E-state index is 0.204. The molecule has 0 saturated heterocycles. The molecule has 1 amide bonds. The molecular formula is C19H17BrN4O. The molecule has 3 aromatic rings. The van der Waals surface area contributed by atoms with Gasteiger partial charge >= 0.3 is 0 Å². The lowest BCUT2D eigenvalue weighted by molar-refractivity contribution is 0.102. The predicted octanol–water partition coefficient (Wildman–Crippen LogP) is 4.41. The topological polar surface area (TPSA) is 66.9 Å². The van der Waals surface area contributed by atoms with E-state index in [1.54, 1.807) is 24.7 Å². The Morgan fingerprint density at radius 3 is 2.76 bits per heavy atom. The summed E-state index contributed by atoms with van der Waals surface area (Å²) in [6.07, 6.45) is 4.98. The van der Waals surface area contributed by atoms with Crippen LogP contribution in [0.5, 0.6) is 0 Å². The minimum atomic E-state index is -0.204. The Kier molecular flexibility index (Phi) is 5.40. The van der Waals surface area contributed by atoms with Crippen molar-refractivity contribution in [1.29, 1.82) is 0 Å². The Bertz CT molecular complexity index is 884. The van der Waals surface area contributed by atoms with Crippen molar-refractivity contribution >= 4 is 33.2 Å². The summed E-state index contributed by atoms with van der Waals surface area (Å²) < 4.78 is 0.953. The predicted molar refractivity (Wildman–Crippen MR) is 103 cm³/mol. The van der Waals surface area contributed by atoms with E-state index >= 15 is 0 Å². The molecule has 0 aliphatic heterocycles. The molecule has 25 heavy (non-hydrogen) atoms. The zero-order valence-electron chi connectivity index (χ0n) is 13.7. The van der Waals surface area contributed by atoms with E-state index in [2.05, 4.69) is 36.5 Å². The monoisotopic (exact) mass is 396 g/mol. The van der Waals surface area contributed by atoms with Crippen LogP contribution in [0.2, 0.25) is 0 Å². The molecule has 0 spiro atoms. The number of hydrogen-bond acceptors (Lipinski definition) is 4.